The molecule has 2 rings (SSSR count). The van der Waals surface area contributed by atoms with Crippen LogP contribution in [-0.4, -0.2) is 33.4 Å². The van der Waals surface area contributed by atoms with E-state index in [0.29, 0.717) is 13.2 Å². The minimum atomic E-state index is -0.235. The van der Waals surface area contributed by atoms with Crippen molar-refractivity contribution in [2.75, 3.05) is 26.3 Å². The van der Waals surface area contributed by atoms with Crippen LogP contribution in [0.3, 0.4) is 0 Å². The molecule has 0 unspecified atom stereocenters. The Labute approximate surface area is 96.6 Å². The average molecular weight is 217 g/mol. The van der Waals surface area contributed by atoms with Crippen LogP contribution in [0.2, 0.25) is 0 Å². The van der Waals surface area contributed by atoms with Crippen LogP contribution in [0.5, 0.6) is 0 Å². The number of benzene rings is 1. The molecule has 1 heterocycles. The third-order valence-electron chi connectivity index (χ3n) is 2.54. The van der Waals surface area contributed by atoms with Gasteiger partial charge in [0.25, 0.3) is 0 Å². The van der Waals surface area contributed by atoms with Crippen LogP contribution in [0.1, 0.15) is 5.56 Å². The largest absolute Gasteiger partial charge is 0.493 e. The molecular formula is C12H16BNO2. The summed E-state index contributed by atoms with van der Waals surface area (Å²) in [6, 6.07) is 8.09. The van der Waals surface area contributed by atoms with E-state index < -0.39 is 0 Å². The summed E-state index contributed by atoms with van der Waals surface area (Å²) in [5, 5.41) is 3.21. The lowest BCUT2D eigenvalue weighted by Gasteiger charge is -2.18. The molecule has 1 aliphatic heterocycles. The topological polar surface area (TPSA) is 30.5 Å². The number of hydrogen-bond donors (Lipinski definition) is 1. The Morgan fingerprint density at radius 3 is 2.31 bits per heavy atom. The summed E-state index contributed by atoms with van der Waals surface area (Å²) in [5.74, 6) is 0. The van der Waals surface area contributed by atoms with Crippen LogP contribution >= 0.6 is 0 Å². The van der Waals surface area contributed by atoms with Gasteiger partial charge in [-0.05, 0) is 11.0 Å². The second-order valence-electron chi connectivity index (χ2n) is 3.69. The van der Waals surface area contributed by atoms with Gasteiger partial charge in [0.05, 0.1) is 0 Å². The fraction of sp³-hybridized carbons (Fsp3) is 0.333. The van der Waals surface area contributed by atoms with Gasteiger partial charge in [-0.2, -0.15) is 0 Å². The first kappa shape index (κ1) is 11.4. The van der Waals surface area contributed by atoms with Crippen molar-refractivity contribution in [1.82, 2.24) is 5.32 Å². The summed E-state index contributed by atoms with van der Waals surface area (Å²) in [7, 11) is -0.235. The van der Waals surface area contributed by atoms with E-state index in [2.05, 4.69) is 11.9 Å². The van der Waals surface area contributed by atoms with Crippen molar-refractivity contribution in [1.29, 1.82) is 0 Å². The van der Waals surface area contributed by atoms with E-state index in [1.165, 1.54) is 0 Å². The predicted octanol–water partition coefficient (Wildman–Crippen LogP) is 0.661. The van der Waals surface area contributed by atoms with Gasteiger partial charge in [-0.3, -0.25) is 0 Å². The smallest absolute Gasteiger partial charge is 0.406 e. The minimum absolute atomic E-state index is 0.235. The SMILES string of the molecule is C=Cc1ccc(B2OCCNCCO2)cc1. The van der Waals surface area contributed by atoms with E-state index in [1.54, 1.807) is 0 Å². The molecule has 1 N–H and O–H groups in total. The van der Waals surface area contributed by atoms with Crippen molar-refractivity contribution < 1.29 is 9.31 Å². The molecular weight excluding hydrogens is 201 g/mol. The maximum Gasteiger partial charge on any atom is 0.493 e. The van der Waals surface area contributed by atoms with Crippen LogP contribution in [0, 0.1) is 0 Å². The maximum absolute atomic E-state index is 5.63. The Bertz CT molecular complexity index is 331. The lowest BCUT2D eigenvalue weighted by atomic mass is 9.78. The first-order valence-electron chi connectivity index (χ1n) is 5.56. The van der Waals surface area contributed by atoms with Gasteiger partial charge < -0.3 is 14.6 Å². The summed E-state index contributed by atoms with van der Waals surface area (Å²) in [4.78, 5) is 0. The summed E-state index contributed by atoms with van der Waals surface area (Å²) in [5.41, 5.74) is 2.17. The highest BCUT2D eigenvalue weighted by Gasteiger charge is 2.21. The van der Waals surface area contributed by atoms with E-state index in [0.717, 1.165) is 24.1 Å². The van der Waals surface area contributed by atoms with Crippen molar-refractivity contribution in [2.24, 2.45) is 0 Å². The first-order valence-corrected chi connectivity index (χ1v) is 5.56. The van der Waals surface area contributed by atoms with E-state index in [-0.39, 0.29) is 7.12 Å². The number of rotatable bonds is 2. The van der Waals surface area contributed by atoms with E-state index in [1.807, 2.05) is 30.3 Å². The van der Waals surface area contributed by atoms with Gasteiger partial charge in [-0.15, -0.1) is 0 Å². The molecule has 1 fully saturated rings. The first-order chi connectivity index (χ1) is 7.90. The fourth-order valence-electron chi connectivity index (χ4n) is 1.63. The lowest BCUT2D eigenvalue weighted by Crippen LogP contribution is -2.43. The fourth-order valence-corrected chi connectivity index (χ4v) is 1.63. The molecule has 1 aliphatic rings. The van der Waals surface area contributed by atoms with Crippen molar-refractivity contribution in [3.63, 3.8) is 0 Å². The molecule has 1 saturated heterocycles. The Balaban J connectivity index is 2.05. The van der Waals surface area contributed by atoms with Crippen molar-refractivity contribution in [3.05, 3.63) is 36.4 Å². The van der Waals surface area contributed by atoms with E-state index >= 15 is 0 Å². The van der Waals surface area contributed by atoms with Crippen LogP contribution in [0.4, 0.5) is 0 Å². The molecule has 4 heteroatoms. The Kier molecular flexibility index (Phi) is 4.16. The molecule has 16 heavy (non-hydrogen) atoms. The molecule has 0 amide bonds. The molecule has 84 valence electrons. The van der Waals surface area contributed by atoms with E-state index in [9.17, 15) is 0 Å². The van der Waals surface area contributed by atoms with Crippen LogP contribution in [-0.2, 0) is 9.31 Å². The molecule has 1 aromatic rings. The Morgan fingerprint density at radius 1 is 1.12 bits per heavy atom. The van der Waals surface area contributed by atoms with Crippen LogP contribution in [0.15, 0.2) is 30.8 Å². The normalized spacial score (nSPS) is 17.6. The zero-order valence-corrected chi connectivity index (χ0v) is 9.32. The van der Waals surface area contributed by atoms with Crippen molar-refractivity contribution >= 4 is 18.7 Å². The number of hydrogen-bond acceptors (Lipinski definition) is 3. The van der Waals surface area contributed by atoms with Gasteiger partial charge in [0.2, 0.25) is 0 Å². The quantitative estimate of drug-likeness (QED) is 0.738. The average Bonchev–Trinajstić information content (AvgIpc) is 2.29. The van der Waals surface area contributed by atoms with Gasteiger partial charge >= 0.3 is 7.12 Å². The zero-order valence-electron chi connectivity index (χ0n) is 9.32. The van der Waals surface area contributed by atoms with E-state index in [4.69, 9.17) is 9.31 Å². The summed E-state index contributed by atoms with van der Waals surface area (Å²) in [6.07, 6.45) is 1.83. The van der Waals surface area contributed by atoms with Gasteiger partial charge in [0, 0.05) is 26.3 Å². The second kappa shape index (κ2) is 5.84. The molecule has 0 aliphatic carbocycles. The molecule has 0 bridgehead atoms. The van der Waals surface area contributed by atoms with Crippen molar-refractivity contribution in [3.8, 4) is 0 Å². The van der Waals surface area contributed by atoms with Crippen LogP contribution in [0.25, 0.3) is 6.08 Å². The summed E-state index contributed by atoms with van der Waals surface area (Å²) < 4.78 is 11.3. The summed E-state index contributed by atoms with van der Waals surface area (Å²) >= 11 is 0. The molecule has 0 aromatic heterocycles. The predicted molar refractivity (Wildman–Crippen MR) is 66.7 cm³/mol. The number of nitrogens with one attached hydrogen (secondary N) is 1. The lowest BCUT2D eigenvalue weighted by molar-refractivity contribution is 0.187. The van der Waals surface area contributed by atoms with Gasteiger partial charge in [-0.25, -0.2) is 0 Å². The van der Waals surface area contributed by atoms with Gasteiger partial charge in [0.1, 0.15) is 0 Å². The third-order valence-corrected chi connectivity index (χ3v) is 2.54. The highest BCUT2D eigenvalue weighted by Crippen LogP contribution is 2.01. The van der Waals surface area contributed by atoms with Crippen molar-refractivity contribution in [2.45, 2.75) is 0 Å². The molecule has 3 nitrogen and oxygen atoms in total. The van der Waals surface area contributed by atoms with Gasteiger partial charge in [0.15, 0.2) is 0 Å². The van der Waals surface area contributed by atoms with Gasteiger partial charge in [-0.1, -0.05) is 36.9 Å². The molecule has 0 radical (unpaired) electrons. The molecule has 0 atom stereocenters. The molecule has 0 spiro atoms. The summed E-state index contributed by atoms with van der Waals surface area (Å²) in [6.45, 7) is 6.84. The standard InChI is InChI=1S/C12H16BNO2/c1-2-11-3-5-12(6-4-11)13-15-9-7-14-8-10-16-13/h2-6,14H,1,7-10H2. The molecule has 0 saturated carbocycles. The third kappa shape index (κ3) is 2.95. The zero-order chi connectivity index (χ0) is 11.2. The minimum Gasteiger partial charge on any atom is -0.406 e. The van der Waals surface area contributed by atoms with Crippen LogP contribution < -0.4 is 10.8 Å². The second-order valence-corrected chi connectivity index (χ2v) is 3.69. The highest BCUT2D eigenvalue weighted by molar-refractivity contribution is 6.61. The highest BCUT2D eigenvalue weighted by atomic mass is 16.6. The Morgan fingerprint density at radius 2 is 1.75 bits per heavy atom. The molecule has 1 aromatic carbocycles. The Hall–Kier alpha value is -1.10. The maximum atomic E-state index is 5.63. The monoisotopic (exact) mass is 217 g/mol.